The Bertz CT molecular complexity index is 1080. The molecule has 0 saturated heterocycles. The maximum absolute atomic E-state index is 13.0. The summed E-state index contributed by atoms with van der Waals surface area (Å²) in [4.78, 5) is 53.8. The third kappa shape index (κ3) is 5.73. The molecule has 3 N–H and O–H groups in total. The number of H-pyrrole nitrogens is 1. The van der Waals surface area contributed by atoms with E-state index in [1.165, 1.54) is 18.8 Å². The molecule has 0 aliphatic carbocycles. The van der Waals surface area contributed by atoms with Gasteiger partial charge in [-0.3, -0.25) is 19.1 Å². The minimum absolute atomic E-state index is 0.0317. The molecule has 0 radical (unpaired) electrons. The number of methoxy groups -OCH3 is 2. The lowest BCUT2D eigenvalue weighted by Crippen LogP contribution is -2.43. The van der Waals surface area contributed by atoms with Crippen LogP contribution in [0.3, 0.4) is 0 Å². The quantitative estimate of drug-likeness (QED) is 0.478. The van der Waals surface area contributed by atoms with Crippen LogP contribution in [0.1, 0.15) is 43.5 Å². The second-order valence-corrected chi connectivity index (χ2v) is 7.16. The summed E-state index contributed by atoms with van der Waals surface area (Å²) in [5.41, 5.74) is 4.56. The van der Waals surface area contributed by atoms with Gasteiger partial charge in [0.25, 0.3) is 11.5 Å². The first-order valence-corrected chi connectivity index (χ1v) is 10.6. The van der Waals surface area contributed by atoms with Gasteiger partial charge in [-0.15, -0.1) is 0 Å². The predicted octanol–water partition coefficient (Wildman–Crippen LogP) is 1.54. The Morgan fingerprint density at radius 2 is 1.73 bits per heavy atom. The van der Waals surface area contributed by atoms with Crippen LogP contribution in [0, 0.1) is 0 Å². The minimum Gasteiger partial charge on any atom is -0.496 e. The van der Waals surface area contributed by atoms with Gasteiger partial charge >= 0.3 is 11.7 Å². The zero-order chi connectivity index (χ0) is 24.5. The van der Waals surface area contributed by atoms with E-state index in [0.29, 0.717) is 12.8 Å². The summed E-state index contributed by atoms with van der Waals surface area (Å²) in [7, 11) is 2.78. The van der Waals surface area contributed by atoms with Gasteiger partial charge in [0.2, 0.25) is 0 Å². The smallest absolute Gasteiger partial charge is 0.346 e. The fraction of sp³-hybridized carbons (Fsp3) is 0.455. The standard InChI is InChI=1S/C22H30N4O7/c1-5-7-12-25(18-19(23)26(11-6-2)22(30)24-20(18)28)16(27)13-33-21(29)17-14(31-3)9-8-10-15(17)32-4/h8-10H,5-7,11-13,23H2,1-4H3,(H,24,28,30). The third-order valence-electron chi connectivity index (χ3n) is 4.93. The molecule has 0 atom stereocenters. The fourth-order valence-corrected chi connectivity index (χ4v) is 3.29. The summed E-state index contributed by atoms with van der Waals surface area (Å²) in [6.45, 7) is 3.54. The van der Waals surface area contributed by atoms with Crippen LogP contribution in [0.25, 0.3) is 0 Å². The van der Waals surface area contributed by atoms with E-state index < -0.39 is 29.7 Å². The van der Waals surface area contributed by atoms with E-state index in [0.717, 1.165) is 11.3 Å². The third-order valence-corrected chi connectivity index (χ3v) is 4.93. The van der Waals surface area contributed by atoms with E-state index >= 15 is 0 Å². The van der Waals surface area contributed by atoms with Crippen molar-refractivity contribution in [3.05, 3.63) is 44.6 Å². The van der Waals surface area contributed by atoms with E-state index in [1.807, 2.05) is 13.8 Å². The van der Waals surface area contributed by atoms with Crippen LogP contribution in [0.5, 0.6) is 11.5 Å². The number of nitrogen functional groups attached to an aromatic ring is 1. The average Bonchev–Trinajstić information content (AvgIpc) is 2.81. The molecule has 0 unspecified atom stereocenters. The first-order chi connectivity index (χ1) is 15.8. The number of benzene rings is 1. The Labute approximate surface area is 191 Å². The van der Waals surface area contributed by atoms with E-state index in [2.05, 4.69) is 4.98 Å². The van der Waals surface area contributed by atoms with E-state index in [4.69, 9.17) is 19.9 Å². The van der Waals surface area contributed by atoms with Gasteiger partial charge in [0, 0.05) is 13.1 Å². The molecule has 2 rings (SSSR count). The van der Waals surface area contributed by atoms with Gasteiger partial charge in [-0.25, -0.2) is 9.59 Å². The first kappa shape index (κ1) is 25.5. The van der Waals surface area contributed by atoms with Crippen molar-refractivity contribution >= 4 is 23.4 Å². The summed E-state index contributed by atoms with van der Waals surface area (Å²) in [5, 5.41) is 0. The molecule has 0 bridgehead atoms. The predicted molar refractivity (Wildman–Crippen MR) is 123 cm³/mol. The number of esters is 1. The summed E-state index contributed by atoms with van der Waals surface area (Å²) in [5.74, 6) is -1.16. The fourth-order valence-electron chi connectivity index (χ4n) is 3.29. The van der Waals surface area contributed by atoms with Gasteiger partial charge in [-0.2, -0.15) is 0 Å². The largest absolute Gasteiger partial charge is 0.496 e. The molecule has 1 aromatic carbocycles. The number of anilines is 2. The van der Waals surface area contributed by atoms with Crippen molar-refractivity contribution in [2.24, 2.45) is 0 Å². The highest BCUT2D eigenvalue weighted by Crippen LogP contribution is 2.29. The number of amides is 1. The van der Waals surface area contributed by atoms with Crippen molar-refractivity contribution in [3.8, 4) is 11.5 Å². The van der Waals surface area contributed by atoms with Crippen molar-refractivity contribution < 1.29 is 23.8 Å². The Morgan fingerprint density at radius 3 is 2.27 bits per heavy atom. The molecule has 1 aromatic heterocycles. The highest BCUT2D eigenvalue weighted by Gasteiger charge is 2.26. The lowest BCUT2D eigenvalue weighted by molar-refractivity contribution is -0.121. The SMILES string of the molecule is CCCCN(C(=O)COC(=O)c1c(OC)cccc1OC)c1c(N)n(CCC)c(=O)[nH]c1=O. The van der Waals surface area contributed by atoms with Crippen LogP contribution < -0.4 is 31.4 Å². The number of ether oxygens (including phenoxy) is 3. The number of hydrogen-bond acceptors (Lipinski definition) is 8. The van der Waals surface area contributed by atoms with Gasteiger partial charge < -0.3 is 24.8 Å². The van der Waals surface area contributed by atoms with Crippen molar-refractivity contribution in [2.75, 3.05) is 38.0 Å². The maximum Gasteiger partial charge on any atom is 0.346 e. The zero-order valence-electron chi connectivity index (χ0n) is 19.3. The molecule has 0 aliphatic rings. The highest BCUT2D eigenvalue weighted by molar-refractivity contribution is 6.00. The summed E-state index contributed by atoms with van der Waals surface area (Å²) < 4.78 is 16.8. The minimum atomic E-state index is -0.828. The lowest BCUT2D eigenvalue weighted by atomic mass is 10.2. The number of hydrogen-bond donors (Lipinski definition) is 2. The molecular weight excluding hydrogens is 432 g/mol. The molecule has 0 saturated carbocycles. The number of rotatable bonds is 11. The Balaban J connectivity index is 2.36. The van der Waals surface area contributed by atoms with Crippen molar-refractivity contribution in [1.82, 2.24) is 9.55 Å². The number of nitrogens with one attached hydrogen (secondary N) is 1. The number of carbonyl (C=O) groups is 2. The molecule has 33 heavy (non-hydrogen) atoms. The first-order valence-electron chi connectivity index (χ1n) is 10.6. The molecule has 180 valence electrons. The van der Waals surface area contributed by atoms with Gasteiger partial charge in [-0.1, -0.05) is 26.3 Å². The molecule has 0 spiro atoms. The normalized spacial score (nSPS) is 10.5. The van der Waals surface area contributed by atoms with Gasteiger partial charge in [0.15, 0.2) is 12.3 Å². The van der Waals surface area contributed by atoms with E-state index in [9.17, 15) is 19.2 Å². The number of aromatic amines is 1. The second kappa shape index (κ2) is 11.7. The molecule has 1 amide bonds. The van der Waals surface area contributed by atoms with Gasteiger partial charge in [-0.05, 0) is 25.0 Å². The summed E-state index contributed by atoms with van der Waals surface area (Å²) in [6.07, 6.45) is 1.89. The molecule has 0 fully saturated rings. The zero-order valence-corrected chi connectivity index (χ0v) is 19.3. The second-order valence-electron chi connectivity index (χ2n) is 7.16. The Hall–Kier alpha value is -3.76. The van der Waals surface area contributed by atoms with E-state index in [1.54, 1.807) is 18.2 Å². The number of unbranched alkanes of at least 4 members (excludes halogenated alkanes) is 1. The molecule has 0 aliphatic heterocycles. The van der Waals surface area contributed by atoms with Crippen LogP contribution in [0.4, 0.5) is 11.5 Å². The van der Waals surface area contributed by atoms with Crippen molar-refractivity contribution in [2.45, 2.75) is 39.7 Å². The van der Waals surface area contributed by atoms with Crippen LogP contribution in [0.15, 0.2) is 27.8 Å². The van der Waals surface area contributed by atoms with Crippen molar-refractivity contribution in [3.63, 3.8) is 0 Å². The lowest BCUT2D eigenvalue weighted by Gasteiger charge is -2.24. The Kier molecular flexibility index (Phi) is 9.08. The van der Waals surface area contributed by atoms with Crippen LogP contribution in [-0.4, -0.2) is 48.8 Å². The van der Waals surface area contributed by atoms with Crippen LogP contribution >= 0.6 is 0 Å². The summed E-state index contributed by atoms with van der Waals surface area (Å²) >= 11 is 0. The van der Waals surface area contributed by atoms with Crippen LogP contribution in [-0.2, 0) is 16.1 Å². The summed E-state index contributed by atoms with van der Waals surface area (Å²) in [6, 6.07) is 4.77. The van der Waals surface area contributed by atoms with Crippen molar-refractivity contribution in [1.29, 1.82) is 0 Å². The van der Waals surface area contributed by atoms with Crippen LogP contribution in [0.2, 0.25) is 0 Å². The average molecular weight is 463 g/mol. The van der Waals surface area contributed by atoms with E-state index in [-0.39, 0.29) is 41.7 Å². The molecule has 11 heteroatoms. The number of nitrogens with zero attached hydrogens (tertiary/aromatic N) is 2. The molecule has 2 aromatic rings. The number of carbonyl (C=O) groups excluding carboxylic acids is 2. The Morgan fingerprint density at radius 1 is 1.09 bits per heavy atom. The number of nitrogens with two attached hydrogens (primary N) is 1. The maximum atomic E-state index is 13.0. The number of aromatic nitrogens is 2. The molecule has 11 nitrogen and oxygen atoms in total. The monoisotopic (exact) mass is 462 g/mol. The highest BCUT2D eigenvalue weighted by atomic mass is 16.5. The molecule has 1 heterocycles. The molecular formula is C22H30N4O7. The topological polar surface area (TPSA) is 146 Å². The van der Waals surface area contributed by atoms with Gasteiger partial charge in [0.05, 0.1) is 14.2 Å². The van der Waals surface area contributed by atoms with Gasteiger partial charge in [0.1, 0.15) is 22.9 Å².